The van der Waals surface area contributed by atoms with Gasteiger partial charge in [-0.2, -0.15) is 0 Å². The highest BCUT2D eigenvalue weighted by Gasteiger charge is 2.33. The Labute approximate surface area is 164 Å². The molecule has 7 heteroatoms. The van der Waals surface area contributed by atoms with Crippen molar-refractivity contribution in [2.45, 2.75) is 29.7 Å². The van der Waals surface area contributed by atoms with Crippen molar-refractivity contribution in [2.75, 3.05) is 51.7 Å². The molecule has 0 aromatic heterocycles. The van der Waals surface area contributed by atoms with Crippen LogP contribution in [0.4, 0.5) is 0 Å². The SMILES string of the molecule is O=C(NC1CC(=O)N(CCN2CCOCC2)C1)C1CCSc2ccccc21. The number of carbonyl (C=O) groups excluding carboxylic acids is 2. The Bertz CT molecular complexity index is 693. The van der Waals surface area contributed by atoms with Gasteiger partial charge in [-0.1, -0.05) is 18.2 Å². The number of ether oxygens (including phenoxy) is 1. The molecule has 1 aromatic carbocycles. The maximum absolute atomic E-state index is 12.9. The van der Waals surface area contributed by atoms with E-state index in [0.717, 1.165) is 57.1 Å². The van der Waals surface area contributed by atoms with Crippen LogP contribution in [0, 0.1) is 0 Å². The number of hydrogen-bond donors (Lipinski definition) is 1. The highest BCUT2D eigenvalue weighted by Crippen LogP contribution is 2.37. The second-order valence-electron chi connectivity index (χ2n) is 7.43. The third kappa shape index (κ3) is 4.47. The highest BCUT2D eigenvalue weighted by molar-refractivity contribution is 7.99. The van der Waals surface area contributed by atoms with E-state index in [1.807, 2.05) is 28.8 Å². The predicted octanol–water partition coefficient (Wildman–Crippen LogP) is 1.32. The maximum Gasteiger partial charge on any atom is 0.227 e. The Morgan fingerprint density at radius 1 is 1.22 bits per heavy atom. The van der Waals surface area contributed by atoms with Crippen molar-refractivity contribution >= 4 is 23.6 Å². The van der Waals surface area contributed by atoms with Gasteiger partial charge in [-0.3, -0.25) is 14.5 Å². The van der Waals surface area contributed by atoms with Crippen LogP contribution in [0.1, 0.15) is 24.3 Å². The number of hydrogen-bond acceptors (Lipinski definition) is 5. The third-order valence-corrected chi connectivity index (χ3v) is 6.75. The molecule has 0 radical (unpaired) electrons. The average molecular weight is 390 g/mol. The molecule has 3 aliphatic heterocycles. The molecule has 0 spiro atoms. The van der Waals surface area contributed by atoms with Gasteiger partial charge >= 0.3 is 0 Å². The molecule has 3 aliphatic rings. The van der Waals surface area contributed by atoms with Gasteiger partial charge in [0.2, 0.25) is 11.8 Å². The zero-order valence-corrected chi connectivity index (χ0v) is 16.4. The number of thioether (sulfide) groups is 1. The molecule has 2 amide bonds. The molecular formula is C20H27N3O3S. The van der Waals surface area contributed by atoms with E-state index >= 15 is 0 Å². The number of nitrogens with zero attached hydrogens (tertiary/aromatic N) is 2. The average Bonchev–Trinajstić information content (AvgIpc) is 3.05. The van der Waals surface area contributed by atoms with E-state index in [-0.39, 0.29) is 23.8 Å². The smallest absolute Gasteiger partial charge is 0.227 e. The summed E-state index contributed by atoms with van der Waals surface area (Å²) in [5.41, 5.74) is 1.12. The lowest BCUT2D eigenvalue weighted by Gasteiger charge is -2.28. The Morgan fingerprint density at radius 3 is 2.89 bits per heavy atom. The van der Waals surface area contributed by atoms with Gasteiger partial charge in [0.25, 0.3) is 0 Å². The van der Waals surface area contributed by atoms with Crippen LogP contribution in [0.15, 0.2) is 29.2 Å². The largest absolute Gasteiger partial charge is 0.379 e. The summed E-state index contributed by atoms with van der Waals surface area (Å²) in [7, 11) is 0. The second kappa shape index (κ2) is 8.63. The molecule has 0 bridgehead atoms. The van der Waals surface area contributed by atoms with Gasteiger partial charge < -0.3 is 15.0 Å². The van der Waals surface area contributed by atoms with Crippen molar-refractivity contribution < 1.29 is 14.3 Å². The van der Waals surface area contributed by atoms with Crippen molar-refractivity contribution in [1.82, 2.24) is 15.1 Å². The lowest BCUT2D eigenvalue weighted by Crippen LogP contribution is -2.43. The van der Waals surface area contributed by atoms with Crippen LogP contribution < -0.4 is 5.32 Å². The molecule has 6 nitrogen and oxygen atoms in total. The Hall–Kier alpha value is -1.57. The molecular weight excluding hydrogens is 362 g/mol. The van der Waals surface area contributed by atoms with Crippen LogP contribution in [0.5, 0.6) is 0 Å². The monoisotopic (exact) mass is 389 g/mol. The van der Waals surface area contributed by atoms with Crippen LogP contribution in [0.2, 0.25) is 0 Å². The van der Waals surface area contributed by atoms with E-state index in [4.69, 9.17) is 4.74 Å². The summed E-state index contributed by atoms with van der Waals surface area (Å²) in [5.74, 6) is 1.08. The molecule has 2 atom stereocenters. The molecule has 2 unspecified atom stereocenters. The van der Waals surface area contributed by atoms with E-state index in [2.05, 4.69) is 22.3 Å². The number of rotatable bonds is 5. The third-order valence-electron chi connectivity index (χ3n) is 5.63. The number of nitrogens with one attached hydrogen (secondary N) is 1. The molecule has 3 heterocycles. The summed E-state index contributed by atoms with van der Waals surface area (Å²) < 4.78 is 5.36. The van der Waals surface area contributed by atoms with Crippen LogP contribution >= 0.6 is 11.8 Å². The van der Waals surface area contributed by atoms with E-state index in [0.29, 0.717) is 13.0 Å². The Balaban J connectivity index is 1.30. The molecule has 1 aromatic rings. The summed E-state index contributed by atoms with van der Waals surface area (Å²) in [4.78, 5) is 30.6. The van der Waals surface area contributed by atoms with Gasteiger partial charge in [-0.25, -0.2) is 0 Å². The van der Waals surface area contributed by atoms with Crippen molar-refractivity contribution in [1.29, 1.82) is 0 Å². The molecule has 4 rings (SSSR count). The van der Waals surface area contributed by atoms with Crippen molar-refractivity contribution in [2.24, 2.45) is 0 Å². The molecule has 27 heavy (non-hydrogen) atoms. The van der Waals surface area contributed by atoms with Gasteiger partial charge in [0, 0.05) is 44.0 Å². The number of fused-ring (bicyclic) bond motifs is 1. The minimum absolute atomic E-state index is 0.0654. The summed E-state index contributed by atoms with van der Waals surface area (Å²) >= 11 is 1.82. The van der Waals surface area contributed by atoms with Crippen LogP contribution in [0.25, 0.3) is 0 Å². The quantitative estimate of drug-likeness (QED) is 0.823. The first-order chi connectivity index (χ1) is 13.2. The topological polar surface area (TPSA) is 61.9 Å². The lowest BCUT2D eigenvalue weighted by atomic mass is 9.94. The summed E-state index contributed by atoms with van der Waals surface area (Å²) in [6.07, 6.45) is 1.27. The predicted molar refractivity (Wildman–Crippen MR) is 105 cm³/mol. The second-order valence-corrected chi connectivity index (χ2v) is 8.57. The zero-order chi connectivity index (χ0) is 18.6. The normalized spacial score (nSPS) is 26.1. The van der Waals surface area contributed by atoms with Crippen LogP contribution in [-0.2, 0) is 14.3 Å². The van der Waals surface area contributed by atoms with Gasteiger partial charge in [0.15, 0.2) is 0 Å². The Kier molecular flexibility index (Phi) is 6.00. The molecule has 1 N–H and O–H groups in total. The number of likely N-dealkylation sites (tertiary alicyclic amines) is 1. The minimum Gasteiger partial charge on any atom is -0.379 e. The highest BCUT2D eigenvalue weighted by atomic mass is 32.2. The van der Waals surface area contributed by atoms with E-state index in [1.165, 1.54) is 4.90 Å². The molecule has 146 valence electrons. The molecule has 0 saturated carbocycles. The van der Waals surface area contributed by atoms with Crippen molar-refractivity contribution in [3.8, 4) is 0 Å². The van der Waals surface area contributed by atoms with Gasteiger partial charge in [-0.15, -0.1) is 11.8 Å². The van der Waals surface area contributed by atoms with Crippen LogP contribution in [-0.4, -0.2) is 79.3 Å². The first-order valence-corrected chi connectivity index (χ1v) is 10.8. The van der Waals surface area contributed by atoms with E-state index < -0.39 is 0 Å². The molecule has 0 aliphatic carbocycles. The summed E-state index contributed by atoms with van der Waals surface area (Å²) in [6.45, 7) is 5.64. The summed E-state index contributed by atoms with van der Waals surface area (Å²) in [6, 6.07) is 8.09. The van der Waals surface area contributed by atoms with Crippen molar-refractivity contribution in [3.05, 3.63) is 29.8 Å². The number of amides is 2. The summed E-state index contributed by atoms with van der Waals surface area (Å²) in [5, 5.41) is 3.14. The van der Waals surface area contributed by atoms with Gasteiger partial charge in [-0.05, 0) is 23.8 Å². The number of morpholine rings is 1. The van der Waals surface area contributed by atoms with Gasteiger partial charge in [0.05, 0.1) is 25.2 Å². The van der Waals surface area contributed by atoms with Crippen LogP contribution in [0.3, 0.4) is 0 Å². The maximum atomic E-state index is 12.9. The fourth-order valence-electron chi connectivity index (χ4n) is 4.09. The number of benzene rings is 1. The standard InChI is InChI=1S/C20H27N3O3S/c24-19-13-15(14-23(19)7-6-22-8-10-26-11-9-22)21-20(25)17-5-12-27-18-4-2-1-3-16(17)18/h1-4,15,17H,5-14H2,(H,21,25). The van der Waals surface area contributed by atoms with E-state index in [1.54, 1.807) is 0 Å². The minimum atomic E-state index is -0.0973. The fraction of sp³-hybridized carbons (Fsp3) is 0.600. The lowest BCUT2D eigenvalue weighted by molar-refractivity contribution is -0.128. The van der Waals surface area contributed by atoms with E-state index in [9.17, 15) is 9.59 Å². The van der Waals surface area contributed by atoms with Gasteiger partial charge in [0.1, 0.15) is 0 Å². The fourth-order valence-corrected chi connectivity index (χ4v) is 5.21. The number of carbonyl (C=O) groups is 2. The zero-order valence-electron chi connectivity index (χ0n) is 15.6. The molecule has 2 saturated heterocycles. The molecule has 2 fully saturated rings. The van der Waals surface area contributed by atoms with Crippen molar-refractivity contribution in [3.63, 3.8) is 0 Å². The Morgan fingerprint density at radius 2 is 2.04 bits per heavy atom. The first kappa shape index (κ1) is 18.8. The first-order valence-electron chi connectivity index (χ1n) is 9.80.